The Morgan fingerprint density at radius 3 is 2.53 bits per heavy atom. The molecule has 1 aromatic rings. The first-order valence-corrected chi connectivity index (χ1v) is 6.38. The summed E-state index contributed by atoms with van der Waals surface area (Å²) in [6.45, 7) is 8.62. The lowest BCUT2D eigenvalue weighted by Gasteiger charge is -2.25. The second kappa shape index (κ2) is 6.77. The Morgan fingerprint density at radius 2 is 2.00 bits per heavy atom. The number of aryl methyl sites for hydroxylation is 1. The molecule has 0 radical (unpaired) electrons. The molecule has 0 saturated carbocycles. The molecule has 1 N–H and O–H groups in total. The van der Waals surface area contributed by atoms with Gasteiger partial charge in [-0.05, 0) is 31.4 Å². The van der Waals surface area contributed by atoms with Crippen LogP contribution in [0.5, 0.6) is 0 Å². The third-order valence-corrected chi connectivity index (χ3v) is 3.26. The van der Waals surface area contributed by atoms with Gasteiger partial charge in [0.2, 0.25) is 0 Å². The van der Waals surface area contributed by atoms with E-state index in [0.29, 0.717) is 11.8 Å². The molecule has 1 atom stereocenters. The van der Waals surface area contributed by atoms with Crippen molar-refractivity contribution in [3.63, 3.8) is 0 Å². The van der Waals surface area contributed by atoms with Gasteiger partial charge in [-0.3, -0.25) is 0 Å². The first-order chi connectivity index (χ1) is 8.02. The van der Waals surface area contributed by atoms with Crippen LogP contribution in [0.15, 0.2) is 24.3 Å². The SMILES string of the molecule is Cc1cccc(CN(C)CC(CO)C(C)C)c1. The molecule has 1 unspecified atom stereocenters. The normalized spacial score (nSPS) is 13.4. The zero-order valence-corrected chi connectivity index (χ0v) is 11.5. The monoisotopic (exact) mass is 235 g/mol. The van der Waals surface area contributed by atoms with Gasteiger partial charge in [-0.25, -0.2) is 0 Å². The maximum Gasteiger partial charge on any atom is 0.0473 e. The van der Waals surface area contributed by atoms with Crippen LogP contribution in [0.25, 0.3) is 0 Å². The zero-order valence-electron chi connectivity index (χ0n) is 11.5. The molecule has 0 aliphatic carbocycles. The fraction of sp³-hybridized carbons (Fsp3) is 0.600. The van der Waals surface area contributed by atoms with Gasteiger partial charge in [0.05, 0.1) is 0 Å². The highest BCUT2D eigenvalue weighted by Crippen LogP contribution is 2.13. The van der Waals surface area contributed by atoms with E-state index in [1.807, 2.05) is 0 Å². The van der Waals surface area contributed by atoms with Crippen molar-refractivity contribution < 1.29 is 5.11 Å². The van der Waals surface area contributed by atoms with Crippen LogP contribution in [0.1, 0.15) is 25.0 Å². The first kappa shape index (κ1) is 14.2. The second-order valence-electron chi connectivity index (χ2n) is 5.37. The molecule has 17 heavy (non-hydrogen) atoms. The molecule has 0 aliphatic rings. The van der Waals surface area contributed by atoms with E-state index in [2.05, 4.69) is 57.0 Å². The molecule has 96 valence electrons. The molecule has 0 amide bonds. The molecular weight excluding hydrogens is 210 g/mol. The maximum atomic E-state index is 9.33. The van der Waals surface area contributed by atoms with Gasteiger partial charge in [-0.2, -0.15) is 0 Å². The molecule has 1 aromatic carbocycles. The highest BCUT2D eigenvalue weighted by molar-refractivity contribution is 5.21. The molecule has 0 bridgehead atoms. The molecule has 0 saturated heterocycles. The molecule has 2 nitrogen and oxygen atoms in total. The maximum absolute atomic E-state index is 9.33. The Bertz CT molecular complexity index is 335. The largest absolute Gasteiger partial charge is 0.396 e. The van der Waals surface area contributed by atoms with Crippen LogP contribution in [0.3, 0.4) is 0 Å². The van der Waals surface area contributed by atoms with Gasteiger partial charge in [-0.1, -0.05) is 43.7 Å². The summed E-state index contributed by atoms with van der Waals surface area (Å²) in [7, 11) is 2.12. The van der Waals surface area contributed by atoms with E-state index in [4.69, 9.17) is 0 Å². The summed E-state index contributed by atoms with van der Waals surface area (Å²) in [6.07, 6.45) is 0. The average Bonchev–Trinajstić information content (AvgIpc) is 2.25. The van der Waals surface area contributed by atoms with E-state index in [1.54, 1.807) is 0 Å². The molecule has 0 spiro atoms. The summed E-state index contributed by atoms with van der Waals surface area (Å²) < 4.78 is 0. The first-order valence-electron chi connectivity index (χ1n) is 6.38. The van der Waals surface area contributed by atoms with Crippen molar-refractivity contribution >= 4 is 0 Å². The van der Waals surface area contributed by atoms with Gasteiger partial charge >= 0.3 is 0 Å². The third-order valence-electron chi connectivity index (χ3n) is 3.26. The van der Waals surface area contributed by atoms with Crippen LogP contribution < -0.4 is 0 Å². The molecular formula is C15H25NO. The summed E-state index contributed by atoms with van der Waals surface area (Å²) in [6, 6.07) is 8.60. The minimum Gasteiger partial charge on any atom is -0.396 e. The van der Waals surface area contributed by atoms with Crippen molar-refractivity contribution in [3.8, 4) is 0 Å². The van der Waals surface area contributed by atoms with Crippen LogP contribution >= 0.6 is 0 Å². The fourth-order valence-corrected chi connectivity index (χ4v) is 2.07. The van der Waals surface area contributed by atoms with Crippen LogP contribution in [-0.2, 0) is 6.54 Å². The third kappa shape index (κ3) is 4.88. The van der Waals surface area contributed by atoms with Gasteiger partial charge < -0.3 is 10.0 Å². The van der Waals surface area contributed by atoms with Crippen molar-refractivity contribution in [3.05, 3.63) is 35.4 Å². The number of nitrogens with zero attached hydrogens (tertiary/aromatic N) is 1. The topological polar surface area (TPSA) is 23.5 Å². The molecule has 0 fully saturated rings. The lowest BCUT2D eigenvalue weighted by Crippen LogP contribution is -2.30. The molecule has 0 heterocycles. The number of rotatable bonds is 6. The summed E-state index contributed by atoms with van der Waals surface area (Å²) in [4.78, 5) is 2.29. The number of hydrogen-bond donors (Lipinski definition) is 1. The van der Waals surface area contributed by atoms with E-state index in [1.165, 1.54) is 11.1 Å². The quantitative estimate of drug-likeness (QED) is 0.819. The standard InChI is InChI=1S/C15H25NO/c1-12(2)15(11-17)10-16(4)9-14-7-5-6-13(3)8-14/h5-8,12,15,17H,9-11H2,1-4H3. The van der Waals surface area contributed by atoms with Crippen molar-refractivity contribution in [2.24, 2.45) is 11.8 Å². The Balaban J connectivity index is 2.51. The van der Waals surface area contributed by atoms with Crippen molar-refractivity contribution in [2.45, 2.75) is 27.3 Å². The fourth-order valence-electron chi connectivity index (χ4n) is 2.07. The van der Waals surface area contributed by atoms with Crippen molar-refractivity contribution in [1.82, 2.24) is 4.90 Å². The van der Waals surface area contributed by atoms with Gasteiger partial charge in [0.25, 0.3) is 0 Å². The minimum atomic E-state index is 0.274. The summed E-state index contributed by atoms with van der Waals surface area (Å²) in [5.41, 5.74) is 2.64. The predicted molar refractivity (Wildman–Crippen MR) is 72.9 cm³/mol. The zero-order chi connectivity index (χ0) is 12.8. The molecule has 0 aliphatic heterocycles. The number of hydrogen-bond acceptors (Lipinski definition) is 2. The molecule has 0 aromatic heterocycles. The van der Waals surface area contributed by atoms with E-state index >= 15 is 0 Å². The summed E-state index contributed by atoms with van der Waals surface area (Å²) in [5.74, 6) is 0.893. The van der Waals surface area contributed by atoms with Gasteiger partial charge in [0.1, 0.15) is 0 Å². The smallest absolute Gasteiger partial charge is 0.0473 e. The average molecular weight is 235 g/mol. The number of aliphatic hydroxyl groups is 1. The number of benzene rings is 1. The lowest BCUT2D eigenvalue weighted by atomic mass is 9.96. The van der Waals surface area contributed by atoms with E-state index in [0.717, 1.165) is 13.1 Å². The van der Waals surface area contributed by atoms with Crippen LogP contribution in [0.4, 0.5) is 0 Å². The van der Waals surface area contributed by atoms with E-state index in [9.17, 15) is 5.11 Å². The van der Waals surface area contributed by atoms with Crippen molar-refractivity contribution in [2.75, 3.05) is 20.2 Å². The van der Waals surface area contributed by atoms with Gasteiger partial charge in [0.15, 0.2) is 0 Å². The Labute approximate surface area is 105 Å². The van der Waals surface area contributed by atoms with E-state index < -0.39 is 0 Å². The summed E-state index contributed by atoms with van der Waals surface area (Å²) in [5, 5.41) is 9.33. The predicted octanol–water partition coefficient (Wildman–Crippen LogP) is 2.69. The van der Waals surface area contributed by atoms with Gasteiger partial charge in [-0.15, -0.1) is 0 Å². The molecule has 2 heteroatoms. The summed E-state index contributed by atoms with van der Waals surface area (Å²) >= 11 is 0. The Morgan fingerprint density at radius 1 is 1.29 bits per heavy atom. The second-order valence-corrected chi connectivity index (χ2v) is 5.37. The number of aliphatic hydroxyl groups excluding tert-OH is 1. The Hall–Kier alpha value is -0.860. The van der Waals surface area contributed by atoms with Crippen LogP contribution in [0.2, 0.25) is 0 Å². The minimum absolute atomic E-state index is 0.274. The highest BCUT2D eigenvalue weighted by Gasteiger charge is 2.14. The molecule has 1 rings (SSSR count). The van der Waals surface area contributed by atoms with Crippen LogP contribution in [-0.4, -0.2) is 30.2 Å². The van der Waals surface area contributed by atoms with Crippen LogP contribution in [0, 0.1) is 18.8 Å². The van der Waals surface area contributed by atoms with E-state index in [-0.39, 0.29) is 6.61 Å². The lowest BCUT2D eigenvalue weighted by molar-refractivity contribution is 0.143. The Kier molecular flexibility index (Phi) is 5.66. The van der Waals surface area contributed by atoms with Gasteiger partial charge in [0, 0.05) is 19.7 Å². The highest BCUT2D eigenvalue weighted by atomic mass is 16.3. The van der Waals surface area contributed by atoms with Crippen molar-refractivity contribution in [1.29, 1.82) is 0 Å².